The van der Waals surface area contributed by atoms with Gasteiger partial charge in [0.2, 0.25) is 5.91 Å². The van der Waals surface area contributed by atoms with Gasteiger partial charge in [0.25, 0.3) is 5.91 Å². The van der Waals surface area contributed by atoms with Crippen molar-refractivity contribution < 1.29 is 9.59 Å². The number of likely N-dealkylation sites (tertiary alicyclic amines) is 1. The predicted octanol–water partition coefficient (Wildman–Crippen LogP) is 4.24. The van der Waals surface area contributed by atoms with Gasteiger partial charge in [-0.15, -0.1) is 0 Å². The number of hydrazone groups is 1. The molecule has 2 N–H and O–H groups in total. The van der Waals surface area contributed by atoms with Crippen LogP contribution in [0.25, 0.3) is 0 Å². The summed E-state index contributed by atoms with van der Waals surface area (Å²) in [4.78, 5) is 29.5. The largest absolute Gasteiger partial charge is 0.367 e. The lowest BCUT2D eigenvalue weighted by atomic mass is 10.1. The quantitative estimate of drug-likeness (QED) is 0.557. The Morgan fingerprint density at radius 1 is 1.00 bits per heavy atom. The summed E-state index contributed by atoms with van der Waals surface area (Å²) in [7, 11) is 0. The Morgan fingerprint density at radius 3 is 2.39 bits per heavy atom. The van der Waals surface area contributed by atoms with Crippen LogP contribution in [-0.2, 0) is 22.6 Å². The molecular weight excluding hydrogens is 494 g/mol. The van der Waals surface area contributed by atoms with Gasteiger partial charge in [-0.05, 0) is 67.7 Å². The van der Waals surface area contributed by atoms with Crippen molar-refractivity contribution in [2.45, 2.75) is 56.5 Å². The molecule has 9 heteroatoms. The molecule has 0 saturated carbocycles. The predicted molar refractivity (Wildman–Crippen MR) is 146 cm³/mol. The zero-order valence-corrected chi connectivity index (χ0v) is 21.9. The summed E-state index contributed by atoms with van der Waals surface area (Å²) in [6, 6.07) is 15.9. The van der Waals surface area contributed by atoms with Crippen LogP contribution in [0.5, 0.6) is 0 Å². The van der Waals surface area contributed by atoms with Crippen LogP contribution < -0.4 is 10.6 Å². The number of nitrogens with two attached hydrogens (primary N) is 1. The number of benzene rings is 2. The smallest absolute Gasteiger partial charge is 0.252 e. The van der Waals surface area contributed by atoms with E-state index in [9.17, 15) is 9.59 Å². The molecule has 190 valence electrons. The van der Waals surface area contributed by atoms with Crippen LogP contribution in [-0.4, -0.2) is 57.8 Å². The van der Waals surface area contributed by atoms with Crippen molar-refractivity contribution in [2.24, 2.45) is 10.8 Å². The van der Waals surface area contributed by atoms with Gasteiger partial charge >= 0.3 is 0 Å². The Bertz CT molecular complexity index is 1120. The van der Waals surface area contributed by atoms with Crippen molar-refractivity contribution in [2.75, 3.05) is 24.5 Å². The Hall–Kier alpha value is -2.55. The van der Waals surface area contributed by atoms with Crippen molar-refractivity contribution in [3.63, 3.8) is 0 Å². The first-order valence-electron chi connectivity index (χ1n) is 12.6. The summed E-state index contributed by atoms with van der Waals surface area (Å²) >= 11 is 7.37. The SMILES string of the molecule is NC(=O)C1SC(CCc2ccc(Cl)cc2)=NN1C1CC(=O)N(c2ccc(CN3CCCCC3)cc2)C1. The van der Waals surface area contributed by atoms with E-state index in [2.05, 4.69) is 17.0 Å². The zero-order valence-electron chi connectivity index (χ0n) is 20.3. The summed E-state index contributed by atoms with van der Waals surface area (Å²) < 4.78 is 0. The van der Waals surface area contributed by atoms with Crippen molar-refractivity contribution in [1.82, 2.24) is 9.91 Å². The molecule has 2 saturated heterocycles. The molecule has 5 rings (SSSR count). The summed E-state index contributed by atoms with van der Waals surface area (Å²) in [6.45, 7) is 3.76. The number of hydrogen-bond donors (Lipinski definition) is 1. The van der Waals surface area contributed by atoms with E-state index < -0.39 is 11.3 Å². The average molecular weight is 526 g/mol. The molecule has 2 atom stereocenters. The first kappa shape index (κ1) is 25.1. The maximum absolute atomic E-state index is 12.9. The molecule has 7 nitrogen and oxygen atoms in total. The van der Waals surface area contributed by atoms with Gasteiger partial charge < -0.3 is 10.6 Å². The second kappa shape index (κ2) is 11.2. The minimum Gasteiger partial charge on any atom is -0.367 e. The molecule has 2 unspecified atom stereocenters. The van der Waals surface area contributed by atoms with Gasteiger partial charge in [-0.2, -0.15) is 5.10 Å². The third-order valence-electron chi connectivity index (χ3n) is 7.08. The highest BCUT2D eigenvalue weighted by molar-refractivity contribution is 8.15. The molecule has 0 bridgehead atoms. The normalized spacial score (nSPS) is 22.8. The van der Waals surface area contributed by atoms with Gasteiger partial charge in [-0.25, -0.2) is 0 Å². The number of primary amides is 1. The minimum atomic E-state index is -0.588. The molecule has 0 radical (unpaired) electrons. The molecule has 0 spiro atoms. The molecule has 2 aromatic rings. The van der Waals surface area contributed by atoms with Crippen LogP contribution in [0.3, 0.4) is 0 Å². The summed E-state index contributed by atoms with van der Waals surface area (Å²) in [5.41, 5.74) is 9.03. The number of carbonyl (C=O) groups excluding carboxylic acids is 2. The van der Waals surface area contributed by atoms with Gasteiger partial charge in [-0.1, -0.05) is 54.0 Å². The molecule has 3 heterocycles. The first-order chi connectivity index (χ1) is 17.5. The Balaban J connectivity index is 1.22. The fourth-order valence-corrected chi connectivity index (χ4v) is 6.32. The number of rotatable bonds is 8. The number of anilines is 1. The van der Waals surface area contributed by atoms with Crippen LogP contribution in [0.4, 0.5) is 5.69 Å². The molecule has 2 amide bonds. The second-order valence-corrected chi connectivity index (χ2v) is 11.3. The summed E-state index contributed by atoms with van der Waals surface area (Å²) in [5.74, 6) is -0.389. The Morgan fingerprint density at radius 2 is 1.69 bits per heavy atom. The molecule has 3 aliphatic rings. The average Bonchev–Trinajstić information content (AvgIpc) is 3.49. The number of thioether (sulfide) groups is 1. The molecule has 2 fully saturated rings. The second-order valence-electron chi connectivity index (χ2n) is 9.74. The number of nitrogens with zero attached hydrogens (tertiary/aromatic N) is 4. The number of carbonyl (C=O) groups is 2. The number of aryl methyl sites for hydroxylation is 1. The van der Waals surface area contributed by atoms with Gasteiger partial charge in [0.1, 0.15) is 0 Å². The zero-order chi connectivity index (χ0) is 25.1. The van der Waals surface area contributed by atoms with Crippen molar-refractivity contribution in [3.05, 3.63) is 64.7 Å². The van der Waals surface area contributed by atoms with Gasteiger partial charge in [-0.3, -0.25) is 19.5 Å². The van der Waals surface area contributed by atoms with Crippen molar-refractivity contribution in [1.29, 1.82) is 0 Å². The van der Waals surface area contributed by atoms with Crippen molar-refractivity contribution in [3.8, 4) is 0 Å². The highest BCUT2D eigenvalue weighted by atomic mass is 35.5. The van der Waals surface area contributed by atoms with E-state index in [-0.39, 0.29) is 11.9 Å². The van der Waals surface area contributed by atoms with E-state index in [4.69, 9.17) is 22.4 Å². The summed E-state index contributed by atoms with van der Waals surface area (Å²) in [5, 5.41) is 7.49. The van der Waals surface area contributed by atoms with E-state index in [1.807, 2.05) is 36.4 Å². The maximum Gasteiger partial charge on any atom is 0.252 e. The fraction of sp³-hybridized carbons (Fsp3) is 0.444. The lowest BCUT2D eigenvalue weighted by Crippen LogP contribution is -2.44. The molecule has 3 aliphatic heterocycles. The lowest BCUT2D eigenvalue weighted by molar-refractivity contribution is -0.121. The van der Waals surface area contributed by atoms with Gasteiger partial charge in [0, 0.05) is 30.2 Å². The molecule has 0 aliphatic carbocycles. The molecular formula is C27H32ClN5O2S. The topological polar surface area (TPSA) is 82.2 Å². The van der Waals surface area contributed by atoms with E-state index in [1.165, 1.54) is 36.6 Å². The van der Waals surface area contributed by atoms with Gasteiger partial charge in [0.05, 0.1) is 17.5 Å². The van der Waals surface area contributed by atoms with E-state index >= 15 is 0 Å². The monoisotopic (exact) mass is 525 g/mol. The summed E-state index contributed by atoms with van der Waals surface area (Å²) in [6.07, 6.45) is 5.68. The van der Waals surface area contributed by atoms with E-state index in [0.717, 1.165) is 42.3 Å². The highest BCUT2D eigenvalue weighted by Gasteiger charge is 2.42. The fourth-order valence-electron chi connectivity index (χ4n) is 5.13. The van der Waals surface area contributed by atoms with E-state index in [0.29, 0.717) is 24.4 Å². The number of halogens is 1. The van der Waals surface area contributed by atoms with Crippen LogP contribution in [0.2, 0.25) is 5.02 Å². The minimum absolute atomic E-state index is 0.0433. The highest BCUT2D eigenvalue weighted by Crippen LogP contribution is 2.34. The standard InChI is InChI=1S/C27H32ClN5O2S/c28-21-9-4-19(5-10-21)8-13-24-30-33(27(36-24)26(29)35)23-16-25(34)32(18-23)22-11-6-20(7-12-22)17-31-14-2-1-3-15-31/h4-7,9-12,23,27H,1-3,8,13-18H2,(H2,29,35). The number of hydrogen-bond acceptors (Lipinski definition) is 6. The Kier molecular flexibility index (Phi) is 7.84. The maximum atomic E-state index is 12.9. The third-order valence-corrected chi connectivity index (χ3v) is 8.56. The van der Waals surface area contributed by atoms with E-state index in [1.54, 1.807) is 9.91 Å². The van der Waals surface area contributed by atoms with Crippen molar-refractivity contribution >= 4 is 45.9 Å². The molecule has 0 aromatic heterocycles. The lowest BCUT2D eigenvalue weighted by Gasteiger charge is -2.27. The molecule has 2 aromatic carbocycles. The van der Waals surface area contributed by atoms with Crippen LogP contribution in [0.1, 0.15) is 43.2 Å². The third kappa shape index (κ3) is 5.88. The van der Waals surface area contributed by atoms with Gasteiger partial charge in [0.15, 0.2) is 5.37 Å². The molecule has 36 heavy (non-hydrogen) atoms. The van der Waals surface area contributed by atoms with Crippen LogP contribution >= 0.6 is 23.4 Å². The van der Waals surface area contributed by atoms with Crippen LogP contribution in [0, 0.1) is 0 Å². The number of piperidine rings is 1. The number of amides is 2. The Labute approximate surface area is 221 Å². The van der Waals surface area contributed by atoms with Crippen LogP contribution in [0.15, 0.2) is 53.6 Å². The first-order valence-corrected chi connectivity index (χ1v) is 13.9.